The molecule has 1 aliphatic rings. The molecule has 1 rings (SSSR count). The smallest absolute Gasteiger partial charge is 0.332 e. The van der Waals surface area contributed by atoms with Crippen molar-refractivity contribution < 1.29 is 14.3 Å². The fourth-order valence-corrected chi connectivity index (χ4v) is 1.39. The van der Waals surface area contributed by atoms with Crippen molar-refractivity contribution in [3.63, 3.8) is 0 Å². The van der Waals surface area contributed by atoms with Gasteiger partial charge in [-0.05, 0) is 5.92 Å². The molecule has 1 unspecified atom stereocenters. The van der Waals surface area contributed by atoms with E-state index < -0.39 is 6.04 Å². The van der Waals surface area contributed by atoms with Crippen LogP contribution in [0.25, 0.3) is 0 Å². The van der Waals surface area contributed by atoms with Crippen LogP contribution in [0.15, 0.2) is 12.2 Å². The average molecular weight is 211 g/mol. The first-order chi connectivity index (χ1) is 7.02. The summed E-state index contributed by atoms with van der Waals surface area (Å²) in [4.78, 5) is 24.3. The van der Waals surface area contributed by atoms with E-state index in [0.29, 0.717) is 19.1 Å². The summed E-state index contributed by atoms with van der Waals surface area (Å²) in [5, 5.41) is 0. The SMILES string of the molecule is CC(=O)N1CC=CC1C(=O)OCC(C)C. The molecule has 15 heavy (non-hydrogen) atoms. The molecule has 0 aliphatic carbocycles. The second-order valence-corrected chi connectivity index (χ2v) is 4.07. The molecule has 0 aromatic rings. The molecule has 0 saturated carbocycles. The van der Waals surface area contributed by atoms with Crippen molar-refractivity contribution in [1.29, 1.82) is 0 Å². The number of esters is 1. The number of rotatable bonds is 3. The molecule has 1 atom stereocenters. The Balaban J connectivity index is 2.51. The van der Waals surface area contributed by atoms with Gasteiger partial charge in [0.2, 0.25) is 5.91 Å². The van der Waals surface area contributed by atoms with E-state index in [1.54, 1.807) is 6.08 Å². The first kappa shape index (κ1) is 11.8. The van der Waals surface area contributed by atoms with E-state index in [1.807, 2.05) is 19.9 Å². The lowest BCUT2D eigenvalue weighted by molar-refractivity contribution is -0.152. The van der Waals surface area contributed by atoms with E-state index in [-0.39, 0.29) is 11.9 Å². The third kappa shape index (κ3) is 3.08. The van der Waals surface area contributed by atoms with Gasteiger partial charge in [0.15, 0.2) is 0 Å². The molecule has 0 aromatic carbocycles. The van der Waals surface area contributed by atoms with Crippen molar-refractivity contribution in [2.45, 2.75) is 26.8 Å². The van der Waals surface area contributed by atoms with Crippen LogP contribution < -0.4 is 0 Å². The minimum Gasteiger partial charge on any atom is -0.464 e. The number of hydrogen-bond acceptors (Lipinski definition) is 3. The molecule has 0 saturated heterocycles. The molecule has 4 nitrogen and oxygen atoms in total. The van der Waals surface area contributed by atoms with E-state index in [4.69, 9.17) is 4.74 Å². The highest BCUT2D eigenvalue weighted by molar-refractivity contribution is 5.86. The van der Waals surface area contributed by atoms with Crippen LogP contribution in [0.1, 0.15) is 20.8 Å². The second kappa shape index (κ2) is 4.96. The van der Waals surface area contributed by atoms with Crippen molar-refractivity contribution >= 4 is 11.9 Å². The largest absolute Gasteiger partial charge is 0.464 e. The van der Waals surface area contributed by atoms with Gasteiger partial charge in [0.25, 0.3) is 0 Å². The number of carbonyl (C=O) groups is 2. The van der Waals surface area contributed by atoms with Crippen molar-refractivity contribution in [3.8, 4) is 0 Å². The van der Waals surface area contributed by atoms with Crippen LogP contribution in [0.4, 0.5) is 0 Å². The zero-order valence-electron chi connectivity index (χ0n) is 9.40. The van der Waals surface area contributed by atoms with Gasteiger partial charge in [0.05, 0.1) is 6.61 Å². The minimum absolute atomic E-state index is 0.105. The molecule has 1 amide bonds. The Morgan fingerprint density at radius 1 is 1.53 bits per heavy atom. The van der Waals surface area contributed by atoms with Crippen LogP contribution in [0, 0.1) is 5.92 Å². The molecule has 0 spiro atoms. The molecule has 0 aromatic heterocycles. The maximum atomic E-state index is 11.6. The summed E-state index contributed by atoms with van der Waals surface area (Å²) in [6, 6.07) is -0.527. The standard InChI is InChI=1S/C11H17NO3/c1-8(2)7-15-11(14)10-5-4-6-12(10)9(3)13/h4-5,8,10H,6-7H2,1-3H3. The van der Waals surface area contributed by atoms with Crippen molar-refractivity contribution in [2.75, 3.05) is 13.2 Å². The van der Waals surface area contributed by atoms with E-state index in [1.165, 1.54) is 11.8 Å². The van der Waals surface area contributed by atoms with Crippen molar-refractivity contribution in [1.82, 2.24) is 4.90 Å². The number of hydrogen-bond donors (Lipinski definition) is 0. The Bertz CT molecular complexity index is 284. The minimum atomic E-state index is -0.527. The molecular weight excluding hydrogens is 194 g/mol. The average Bonchev–Trinajstić information content (AvgIpc) is 2.62. The summed E-state index contributed by atoms with van der Waals surface area (Å²) < 4.78 is 5.08. The monoisotopic (exact) mass is 211 g/mol. The Hall–Kier alpha value is -1.32. The lowest BCUT2D eigenvalue weighted by Gasteiger charge is -2.21. The van der Waals surface area contributed by atoms with Crippen LogP contribution in [0.5, 0.6) is 0 Å². The fourth-order valence-electron chi connectivity index (χ4n) is 1.39. The molecule has 0 N–H and O–H groups in total. The van der Waals surface area contributed by atoms with Crippen LogP contribution in [0.2, 0.25) is 0 Å². The maximum Gasteiger partial charge on any atom is 0.332 e. The Morgan fingerprint density at radius 2 is 2.20 bits per heavy atom. The summed E-state index contributed by atoms with van der Waals surface area (Å²) in [6.45, 7) is 6.29. The van der Waals surface area contributed by atoms with Gasteiger partial charge in [-0.1, -0.05) is 26.0 Å². The topological polar surface area (TPSA) is 46.6 Å². The third-order valence-electron chi connectivity index (χ3n) is 2.16. The van der Waals surface area contributed by atoms with E-state index in [2.05, 4.69) is 0 Å². The number of nitrogens with zero attached hydrogens (tertiary/aromatic N) is 1. The van der Waals surface area contributed by atoms with E-state index >= 15 is 0 Å². The van der Waals surface area contributed by atoms with E-state index in [0.717, 1.165) is 0 Å². The first-order valence-electron chi connectivity index (χ1n) is 5.13. The summed E-state index contributed by atoms with van der Waals surface area (Å²) in [5.41, 5.74) is 0. The van der Waals surface area contributed by atoms with Crippen LogP contribution in [0.3, 0.4) is 0 Å². The van der Waals surface area contributed by atoms with Crippen LogP contribution in [-0.4, -0.2) is 36.0 Å². The predicted octanol–water partition coefficient (Wildman–Crippen LogP) is 0.972. The van der Waals surface area contributed by atoms with Gasteiger partial charge in [-0.25, -0.2) is 4.79 Å². The highest BCUT2D eigenvalue weighted by atomic mass is 16.5. The molecule has 1 aliphatic heterocycles. The van der Waals surface area contributed by atoms with Crippen molar-refractivity contribution in [2.24, 2.45) is 5.92 Å². The number of carbonyl (C=O) groups excluding carboxylic acids is 2. The lowest BCUT2D eigenvalue weighted by atomic mass is 10.2. The predicted molar refractivity (Wildman–Crippen MR) is 56.1 cm³/mol. The van der Waals surface area contributed by atoms with Gasteiger partial charge >= 0.3 is 5.97 Å². The Kier molecular flexibility index (Phi) is 3.88. The molecule has 84 valence electrons. The third-order valence-corrected chi connectivity index (χ3v) is 2.16. The lowest BCUT2D eigenvalue weighted by Crippen LogP contribution is -2.40. The second-order valence-electron chi connectivity index (χ2n) is 4.07. The number of amides is 1. The van der Waals surface area contributed by atoms with E-state index in [9.17, 15) is 9.59 Å². The summed E-state index contributed by atoms with van der Waals surface area (Å²) in [6.07, 6.45) is 3.52. The summed E-state index contributed by atoms with van der Waals surface area (Å²) in [5.74, 6) is -0.135. The maximum absolute atomic E-state index is 11.6. The van der Waals surface area contributed by atoms with Gasteiger partial charge in [0.1, 0.15) is 6.04 Å². The first-order valence-corrected chi connectivity index (χ1v) is 5.13. The highest BCUT2D eigenvalue weighted by Crippen LogP contribution is 2.12. The van der Waals surface area contributed by atoms with Gasteiger partial charge in [-0.2, -0.15) is 0 Å². The summed E-state index contributed by atoms with van der Waals surface area (Å²) >= 11 is 0. The van der Waals surface area contributed by atoms with Crippen LogP contribution >= 0.6 is 0 Å². The quantitative estimate of drug-likeness (QED) is 0.516. The molecule has 0 radical (unpaired) electrons. The van der Waals surface area contributed by atoms with Gasteiger partial charge < -0.3 is 9.64 Å². The Labute approximate surface area is 89.9 Å². The Morgan fingerprint density at radius 3 is 2.73 bits per heavy atom. The zero-order chi connectivity index (χ0) is 11.4. The normalized spacial score (nSPS) is 19.7. The van der Waals surface area contributed by atoms with Gasteiger partial charge in [-0.3, -0.25) is 4.79 Å². The van der Waals surface area contributed by atoms with Gasteiger partial charge in [-0.15, -0.1) is 0 Å². The number of ether oxygens (including phenoxy) is 1. The molecule has 0 fully saturated rings. The van der Waals surface area contributed by atoms with Gasteiger partial charge in [0, 0.05) is 13.5 Å². The molecular formula is C11H17NO3. The summed E-state index contributed by atoms with van der Waals surface area (Å²) in [7, 11) is 0. The molecule has 4 heteroatoms. The zero-order valence-corrected chi connectivity index (χ0v) is 9.40. The van der Waals surface area contributed by atoms with Crippen LogP contribution in [-0.2, 0) is 14.3 Å². The highest BCUT2D eigenvalue weighted by Gasteiger charge is 2.29. The fraction of sp³-hybridized carbons (Fsp3) is 0.636. The van der Waals surface area contributed by atoms with Crippen molar-refractivity contribution in [3.05, 3.63) is 12.2 Å². The molecule has 0 bridgehead atoms. The molecule has 1 heterocycles.